The molecular formula is C13H25N3O. The molecule has 0 aromatic carbocycles. The standard InChI is InChI=1S/C13H25N3O/c1-11(2)10-17-9-6-15-13(14)16-7-4-12(3)5-8-16/h12H,1,4-10H2,2-3H3,(H2,14,15). The van der Waals surface area contributed by atoms with Crippen LogP contribution in [0.4, 0.5) is 0 Å². The third-order valence-electron chi connectivity index (χ3n) is 2.97. The Morgan fingerprint density at radius 1 is 1.47 bits per heavy atom. The fourth-order valence-electron chi connectivity index (χ4n) is 1.81. The molecule has 4 heteroatoms. The van der Waals surface area contributed by atoms with Crippen molar-refractivity contribution in [1.82, 2.24) is 4.90 Å². The molecule has 2 N–H and O–H groups in total. The number of nitrogens with two attached hydrogens (primary N) is 1. The van der Waals surface area contributed by atoms with E-state index in [1.54, 1.807) is 0 Å². The molecule has 0 saturated carbocycles. The van der Waals surface area contributed by atoms with E-state index < -0.39 is 0 Å². The molecule has 0 amide bonds. The van der Waals surface area contributed by atoms with Crippen LogP contribution in [0.15, 0.2) is 17.1 Å². The van der Waals surface area contributed by atoms with Crippen molar-refractivity contribution in [1.29, 1.82) is 0 Å². The van der Waals surface area contributed by atoms with Gasteiger partial charge in [0.05, 0.1) is 19.8 Å². The van der Waals surface area contributed by atoms with Crippen molar-refractivity contribution in [2.45, 2.75) is 26.7 Å². The molecule has 0 bridgehead atoms. The fraction of sp³-hybridized carbons (Fsp3) is 0.769. The van der Waals surface area contributed by atoms with Crippen molar-refractivity contribution < 1.29 is 4.74 Å². The van der Waals surface area contributed by atoms with Crippen molar-refractivity contribution in [3.63, 3.8) is 0 Å². The van der Waals surface area contributed by atoms with Gasteiger partial charge in [0, 0.05) is 13.1 Å². The van der Waals surface area contributed by atoms with Gasteiger partial charge in [0.1, 0.15) is 0 Å². The zero-order valence-corrected chi connectivity index (χ0v) is 11.1. The Bertz CT molecular complexity index is 268. The molecule has 0 aliphatic carbocycles. The van der Waals surface area contributed by atoms with Crippen LogP contribution < -0.4 is 5.73 Å². The van der Waals surface area contributed by atoms with E-state index in [2.05, 4.69) is 23.4 Å². The summed E-state index contributed by atoms with van der Waals surface area (Å²) in [6.07, 6.45) is 2.42. The molecule has 0 aromatic heterocycles. The molecule has 1 heterocycles. The first-order chi connectivity index (χ1) is 8.09. The Morgan fingerprint density at radius 2 is 2.12 bits per heavy atom. The van der Waals surface area contributed by atoms with E-state index in [1.807, 2.05) is 6.92 Å². The van der Waals surface area contributed by atoms with Crippen molar-refractivity contribution >= 4 is 5.96 Å². The summed E-state index contributed by atoms with van der Waals surface area (Å²) >= 11 is 0. The highest BCUT2D eigenvalue weighted by Crippen LogP contribution is 2.15. The van der Waals surface area contributed by atoms with E-state index in [9.17, 15) is 0 Å². The minimum absolute atomic E-state index is 0.608. The van der Waals surface area contributed by atoms with Crippen LogP contribution in [0.3, 0.4) is 0 Å². The number of nitrogens with zero attached hydrogens (tertiary/aromatic N) is 2. The summed E-state index contributed by atoms with van der Waals surface area (Å²) in [5.41, 5.74) is 6.97. The van der Waals surface area contributed by atoms with Gasteiger partial charge in [-0.15, -0.1) is 0 Å². The van der Waals surface area contributed by atoms with E-state index in [1.165, 1.54) is 12.8 Å². The molecule has 17 heavy (non-hydrogen) atoms. The number of hydrogen-bond acceptors (Lipinski definition) is 2. The second kappa shape index (κ2) is 7.33. The van der Waals surface area contributed by atoms with Crippen LogP contribution in [-0.2, 0) is 4.74 Å². The second-order valence-electron chi connectivity index (χ2n) is 4.92. The van der Waals surface area contributed by atoms with Gasteiger partial charge < -0.3 is 15.4 Å². The third kappa shape index (κ3) is 5.73. The molecule has 0 unspecified atom stereocenters. The summed E-state index contributed by atoms with van der Waals surface area (Å²) in [6.45, 7) is 11.9. The predicted molar refractivity (Wildman–Crippen MR) is 72.1 cm³/mol. The maximum atomic E-state index is 5.94. The van der Waals surface area contributed by atoms with E-state index in [4.69, 9.17) is 10.5 Å². The highest BCUT2D eigenvalue weighted by atomic mass is 16.5. The Morgan fingerprint density at radius 3 is 2.71 bits per heavy atom. The Labute approximate surface area is 105 Å². The predicted octanol–water partition coefficient (Wildman–Crippen LogP) is 1.63. The lowest BCUT2D eigenvalue weighted by molar-refractivity contribution is 0.164. The topological polar surface area (TPSA) is 50.9 Å². The molecule has 0 aromatic rings. The zero-order valence-electron chi connectivity index (χ0n) is 11.1. The Hall–Kier alpha value is -1.03. The van der Waals surface area contributed by atoms with Gasteiger partial charge in [0.15, 0.2) is 5.96 Å². The second-order valence-corrected chi connectivity index (χ2v) is 4.92. The van der Waals surface area contributed by atoms with Crippen molar-refractivity contribution in [2.24, 2.45) is 16.6 Å². The number of rotatable bonds is 5. The van der Waals surface area contributed by atoms with Crippen LogP contribution in [0.25, 0.3) is 0 Å². The summed E-state index contributed by atoms with van der Waals surface area (Å²) in [4.78, 5) is 6.50. The summed E-state index contributed by atoms with van der Waals surface area (Å²) < 4.78 is 5.37. The van der Waals surface area contributed by atoms with Gasteiger partial charge in [-0.2, -0.15) is 0 Å². The highest BCUT2D eigenvalue weighted by molar-refractivity contribution is 5.78. The minimum Gasteiger partial charge on any atom is -0.375 e. The molecule has 4 nitrogen and oxygen atoms in total. The minimum atomic E-state index is 0.608. The van der Waals surface area contributed by atoms with Gasteiger partial charge in [0.2, 0.25) is 0 Å². The first-order valence-electron chi connectivity index (χ1n) is 6.36. The number of hydrogen-bond donors (Lipinski definition) is 1. The van der Waals surface area contributed by atoms with Crippen molar-refractivity contribution in [2.75, 3.05) is 32.8 Å². The quantitative estimate of drug-likeness (QED) is 0.343. The molecule has 1 rings (SSSR count). The SMILES string of the molecule is C=C(C)COCCN=C(N)N1CCC(C)CC1. The third-order valence-corrected chi connectivity index (χ3v) is 2.97. The molecule has 98 valence electrons. The van der Waals surface area contributed by atoms with Crippen LogP contribution in [-0.4, -0.2) is 43.7 Å². The van der Waals surface area contributed by atoms with Gasteiger partial charge in [-0.3, -0.25) is 4.99 Å². The maximum absolute atomic E-state index is 5.94. The average molecular weight is 239 g/mol. The summed E-state index contributed by atoms with van der Waals surface area (Å²) in [6, 6.07) is 0. The molecule has 1 saturated heterocycles. The summed E-state index contributed by atoms with van der Waals surface area (Å²) in [5, 5.41) is 0. The summed E-state index contributed by atoms with van der Waals surface area (Å²) in [7, 11) is 0. The highest BCUT2D eigenvalue weighted by Gasteiger charge is 2.16. The molecule has 1 aliphatic heterocycles. The number of piperidine rings is 1. The van der Waals surface area contributed by atoms with Gasteiger partial charge in [0.25, 0.3) is 0 Å². The van der Waals surface area contributed by atoms with Crippen molar-refractivity contribution in [3.05, 3.63) is 12.2 Å². The molecule has 0 atom stereocenters. The molecular weight excluding hydrogens is 214 g/mol. The lowest BCUT2D eigenvalue weighted by atomic mass is 10.00. The zero-order chi connectivity index (χ0) is 12.7. The number of aliphatic imine (C=N–C) groups is 1. The molecule has 0 spiro atoms. The molecule has 1 fully saturated rings. The van der Waals surface area contributed by atoms with Gasteiger partial charge in [-0.25, -0.2) is 0 Å². The monoisotopic (exact) mass is 239 g/mol. The van der Waals surface area contributed by atoms with Crippen LogP contribution in [0.2, 0.25) is 0 Å². The van der Waals surface area contributed by atoms with E-state index >= 15 is 0 Å². The first-order valence-corrected chi connectivity index (χ1v) is 6.36. The summed E-state index contributed by atoms with van der Waals surface area (Å²) in [5.74, 6) is 1.48. The smallest absolute Gasteiger partial charge is 0.191 e. The van der Waals surface area contributed by atoms with E-state index in [0.717, 1.165) is 24.6 Å². The largest absolute Gasteiger partial charge is 0.375 e. The average Bonchev–Trinajstić information content (AvgIpc) is 2.29. The number of guanidine groups is 1. The normalized spacial score (nSPS) is 18.5. The van der Waals surface area contributed by atoms with Crippen LogP contribution in [0.5, 0.6) is 0 Å². The molecule has 1 aliphatic rings. The van der Waals surface area contributed by atoms with Crippen LogP contribution >= 0.6 is 0 Å². The van der Waals surface area contributed by atoms with E-state index in [0.29, 0.717) is 25.7 Å². The fourth-order valence-corrected chi connectivity index (χ4v) is 1.81. The van der Waals surface area contributed by atoms with Gasteiger partial charge in [-0.1, -0.05) is 19.1 Å². The Balaban J connectivity index is 2.18. The van der Waals surface area contributed by atoms with Crippen LogP contribution in [0, 0.1) is 5.92 Å². The van der Waals surface area contributed by atoms with Crippen molar-refractivity contribution in [3.8, 4) is 0 Å². The number of likely N-dealkylation sites (tertiary alicyclic amines) is 1. The lowest BCUT2D eigenvalue weighted by Crippen LogP contribution is -2.42. The first kappa shape index (κ1) is 14.0. The maximum Gasteiger partial charge on any atom is 0.191 e. The van der Waals surface area contributed by atoms with Crippen LogP contribution in [0.1, 0.15) is 26.7 Å². The number of ether oxygens (including phenoxy) is 1. The molecule has 0 radical (unpaired) electrons. The van der Waals surface area contributed by atoms with Gasteiger partial charge in [-0.05, 0) is 25.7 Å². The Kier molecular flexibility index (Phi) is 6.05. The lowest BCUT2D eigenvalue weighted by Gasteiger charge is -2.31. The van der Waals surface area contributed by atoms with E-state index in [-0.39, 0.29) is 0 Å². The van der Waals surface area contributed by atoms with Gasteiger partial charge >= 0.3 is 0 Å².